The minimum absolute atomic E-state index is 0.0735. The van der Waals surface area contributed by atoms with Crippen molar-refractivity contribution >= 4 is 24.0 Å². The number of amides is 2. The number of carbonyl (C=O) groups is 3. The van der Waals surface area contributed by atoms with Crippen LogP contribution in [0.5, 0.6) is 5.75 Å². The first-order valence-electron chi connectivity index (χ1n) is 9.57. The summed E-state index contributed by atoms with van der Waals surface area (Å²) < 4.78 is 5.16. The Morgan fingerprint density at radius 3 is 2.43 bits per heavy atom. The zero-order chi connectivity index (χ0) is 21.5. The summed E-state index contributed by atoms with van der Waals surface area (Å²) in [5.74, 6) is -0.850. The molecule has 2 amide bonds. The molecule has 0 aliphatic carbocycles. The molecule has 1 heterocycles. The van der Waals surface area contributed by atoms with Gasteiger partial charge in [-0.15, -0.1) is 0 Å². The number of nitrogens with zero attached hydrogens (tertiary/aromatic N) is 2. The van der Waals surface area contributed by atoms with Crippen molar-refractivity contribution in [2.45, 2.75) is 12.8 Å². The average molecular weight is 409 g/mol. The molecule has 1 aliphatic rings. The van der Waals surface area contributed by atoms with Crippen LogP contribution < -0.4 is 10.2 Å². The van der Waals surface area contributed by atoms with E-state index in [1.54, 1.807) is 48.4 Å². The molecule has 3 rings (SSSR count). The number of hydrazone groups is 1. The number of rotatable bonds is 6. The second-order valence-electron chi connectivity index (χ2n) is 6.96. The molecule has 8 heteroatoms. The van der Waals surface area contributed by atoms with Crippen LogP contribution in [0.4, 0.5) is 0 Å². The van der Waals surface area contributed by atoms with Crippen LogP contribution in [0.3, 0.4) is 0 Å². The summed E-state index contributed by atoms with van der Waals surface area (Å²) in [6.45, 7) is 0.989. The number of nitrogens with one attached hydrogen (secondary N) is 1. The van der Waals surface area contributed by atoms with E-state index in [0.717, 1.165) is 0 Å². The van der Waals surface area contributed by atoms with Crippen molar-refractivity contribution in [1.29, 1.82) is 0 Å². The van der Waals surface area contributed by atoms with E-state index in [9.17, 15) is 14.4 Å². The lowest BCUT2D eigenvalue weighted by Crippen LogP contribution is -2.42. The molecule has 0 spiro atoms. The third kappa shape index (κ3) is 5.22. The largest absolute Gasteiger partial charge is 0.497 e. The molecule has 0 radical (unpaired) electrons. The van der Waals surface area contributed by atoms with Gasteiger partial charge in [-0.25, -0.2) is 10.2 Å². The number of methoxy groups -OCH3 is 1. The molecule has 2 N–H and O–H groups in total. The Labute approximate surface area is 174 Å². The van der Waals surface area contributed by atoms with Crippen molar-refractivity contribution in [3.8, 4) is 5.75 Å². The van der Waals surface area contributed by atoms with E-state index >= 15 is 0 Å². The van der Waals surface area contributed by atoms with E-state index in [1.165, 1.54) is 18.3 Å². The maximum Gasteiger partial charge on any atom is 0.335 e. The molecule has 8 nitrogen and oxygen atoms in total. The number of carboxylic acids is 1. The molecule has 0 atom stereocenters. The van der Waals surface area contributed by atoms with E-state index in [-0.39, 0.29) is 23.3 Å². The highest BCUT2D eigenvalue weighted by Gasteiger charge is 2.27. The first kappa shape index (κ1) is 21.0. The Bertz CT molecular complexity index is 948. The molecular weight excluding hydrogens is 386 g/mol. The van der Waals surface area contributed by atoms with Crippen LogP contribution in [-0.4, -0.2) is 54.2 Å². The molecule has 2 aromatic rings. The van der Waals surface area contributed by atoms with E-state index in [0.29, 0.717) is 42.8 Å². The molecular formula is C22H23N3O5. The summed E-state index contributed by atoms with van der Waals surface area (Å²) in [6.07, 6.45) is 2.58. The van der Waals surface area contributed by atoms with Gasteiger partial charge in [0.15, 0.2) is 0 Å². The van der Waals surface area contributed by atoms with E-state index < -0.39 is 5.97 Å². The predicted octanol–water partition coefficient (Wildman–Crippen LogP) is 2.40. The smallest absolute Gasteiger partial charge is 0.335 e. The lowest BCUT2D eigenvalue weighted by atomic mass is 9.95. The minimum atomic E-state index is -0.997. The molecule has 0 bridgehead atoms. The third-order valence-corrected chi connectivity index (χ3v) is 5.02. The van der Waals surface area contributed by atoms with Crippen LogP contribution in [0.1, 0.15) is 39.1 Å². The molecule has 156 valence electrons. The van der Waals surface area contributed by atoms with Gasteiger partial charge in [-0.2, -0.15) is 5.10 Å². The average Bonchev–Trinajstić information content (AvgIpc) is 2.79. The van der Waals surface area contributed by atoms with E-state index in [4.69, 9.17) is 9.84 Å². The summed E-state index contributed by atoms with van der Waals surface area (Å²) in [4.78, 5) is 37.6. The van der Waals surface area contributed by atoms with Crippen LogP contribution in [0.25, 0.3) is 0 Å². The Hall–Kier alpha value is -3.68. The van der Waals surface area contributed by atoms with Crippen molar-refractivity contribution < 1.29 is 24.2 Å². The van der Waals surface area contributed by atoms with Gasteiger partial charge in [0.25, 0.3) is 5.91 Å². The molecule has 0 saturated carbocycles. The highest BCUT2D eigenvalue weighted by molar-refractivity contribution is 5.95. The molecule has 0 aromatic heterocycles. The quantitative estimate of drug-likeness (QED) is 0.563. The first-order chi connectivity index (χ1) is 14.5. The maximum atomic E-state index is 12.6. The van der Waals surface area contributed by atoms with Crippen molar-refractivity contribution in [3.63, 3.8) is 0 Å². The number of piperidine rings is 1. The summed E-state index contributed by atoms with van der Waals surface area (Å²) in [6, 6.07) is 13.2. The lowest BCUT2D eigenvalue weighted by molar-refractivity contribution is -0.126. The van der Waals surface area contributed by atoms with Crippen molar-refractivity contribution in [2.75, 3.05) is 20.2 Å². The fraction of sp³-hybridized carbons (Fsp3) is 0.273. The van der Waals surface area contributed by atoms with Gasteiger partial charge in [-0.05, 0) is 48.7 Å². The van der Waals surface area contributed by atoms with Gasteiger partial charge < -0.3 is 14.7 Å². The van der Waals surface area contributed by atoms with E-state index in [1.807, 2.05) is 0 Å². The van der Waals surface area contributed by atoms with Crippen LogP contribution >= 0.6 is 0 Å². The second kappa shape index (κ2) is 9.69. The molecule has 1 saturated heterocycles. The number of benzene rings is 2. The highest BCUT2D eigenvalue weighted by atomic mass is 16.5. The van der Waals surface area contributed by atoms with Gasteiger partial charge in [0.1, 0.15) is 5.75 Å². The van der Waals surface area contributed by atoms with Gasteiger partial charge in [0, 0.05) is 24.6 Å². The highest BCUT2D eigenvalue weighted by Crippen LogP contribution is 2.21. The number of hydrogen-bond acceptors (Lipinski definition) is 5. The minimum Gasteiger partial charge on any atom is -0.497 e. The Kier molecular flexibility index (Phi) is 6.79. The van der Waals surface area contributed by atoms with Crippen LogP contribution in [0.15, 0.2) is 53.6 Å². The second-order valence-corrected chi connectivity index (χ2v) is 6.96. The fourth-order valence-electron chi connectivity index (χ4n) is 3.26. The topological polar surface area (TPSA) is 108 Å². The summed E-state index contributed by atoms with van der Waals surface area (Å²) >= 11 is 0. The normalized spacial score (nSPS) is 14.5. The number of aromatic carboxylic acids is 1. The van der Waals surface area contributed by atoms with Gasteiger partial charge >= 0.3 is 5.97 Å². The van der Waals surface area contributed by atoms with Gasteiger partial charge in [0.2, 0.25) is 5.91 Å². The van der Waals surface area contributed by atoms with Gasteiger partial charge in [0.05, 0.1) is 18.9 Å². The van der Waals surface area contributed by atoms with E-state index in [2.05, 4.69) is 10.5 Å². The number of ether oxygens (including phenoxy) is 1. The Morgan fingerprint density at radius 1 is 1.10 bits per heavy atom. The molecule has 1 aliphatic heterocycles. The molecule has 30 heavy (non-hydrogen) atoms. The number of likely N-dealkylation sites (tertiary alicyclic amines) is 1. The summed E-state index contributed by atoms with van der Waals surface area (Å²) in [5.41, 5.74) is 3.95. The Morgan fingerprint density at radius 2 is 1.80 bits per heavy atom. The monoisotopic (exact) mass is 409 g/mol. The SMILES string of the molecule is COc1cccc(C(=O)N2CCC(C(=O)N/N=C\c3ccc(C(=O)O)cc3)CC2)c1. The molecule has 1 fully saturated rings. The summed E-state index contributed by atoms with van der Waals surface area (Å²) in [7, 11) is 1.56. The van der Waals surface area contributed by atoms with Crippen molar-refractivity contribution in [3.05, 3.63) is 65.2 Å². The standard InChI is InChI=1S/C22H23N3O5/c1-30-19-4-2-3-18(13-19)21(27)25-11-9-16(10-12-25)20(26)24-23-14-15-5-7-17(8-6-15)22(28)29/h2-8,13-14,16H,9-12H2,1H3,(H,24,26)(H,28,29)/b23-14-. The molecule has 2 aromatic carbocycles. The first-order valence-corrected chi connectivity index (χ1v) is 9.57. The molecule has 0 unspecified atom stereocenters. The number of hydrogen-bond donors (Lipinski definition) is 2. The fourth-order valence-corrected chi connectivity index (χ4v) is 3.26. The van der Waals surface area contributed by atoms with Gasteiger partial charge in [-0.3, -0.25) is 9.59 Å². The lowest BCUT2D eigenvalue weighted by Gasteiger charge is -2.31. The van der Waals surface area contributed by atoms with Crippen LogP contribution in [0.2, 0.25) is 0 Å². The van der Waals surface area contributed by atoms with Gasteiger partial charge in [-0.1, -0.05) is 18.2 Å². The van der Waals surface area contributed by atoms with Crippen molar-refractivity contribution in [2.24, 2.45) is 11.0 Å². The maximum absolute atomic E-state index is 12.6. The zero-order valence-corrected chi connectivity index (χ0v) is 16.6. The van der Waals surface area contributed by atoms with Crippen LogP contribution in [0, 0.1) is 5.92 Å². The van der Waals surface area contributed by atoms with Crippen molar-refractivity contribution in [1.82, 2.24) is 10.3 Å². The van der Waals surface area contributed by atoms with Crippen LogP contribution in [-0.2, 0) is 4.79 Å². The Balaban J connectivity index is 1.48. The zero-order valence-electron chi connectivity index (χ0n) is 16.6. The third-order valence-electron chi connectivity index (χ3n) is 5.02. The number of carbonyl (C=O) groups excluding carboxylic acids is 2. The number of carboxylic acid groups (broad SMARTS) is 1. The summed E-state index contributed by atoms with van der Waals surface area (Å²) in [5, 5.41) is 12.8. The predicted molar refractivity (Wildman–Crippen MR) is 111 cm³/mol.